The SMILES string of the molecule is C[C@@H]1[C@@H](c2ccccc2)N1P(I)(c1ccccc1)(c1ccccc1)c1ccccc1. The molecule has 0 radical (unpaired) electrons. The minimum absolute atomic E-state index is 0.404. The second-order valence-corrected chi connectivity index (χ2v) is 17.5. The van der Waals surface area contributed by atoms with Crippen molar-refractivity contribution in [1.82, 2.24) is 4.67 Å². The Morgan fingerprint density at radius 1 is 0.567 bits per heavy atom. The molecule has 1 heterocycles. The van der Waals surface area contributed by atoms with Crippen molar-refractivity contribution >= 4 is 42.4 Å². The normalized spacial score (nSPS) is 22.1. The van der Waals surface area contributed by atoms with E-state index in [-0.39, 0.29) is 0 Å². The van der Waals surface area contributed by atoms with Crippen LogP contribution in [0.5, 0.6) is 0 Å². The second-order valence-electron chi connectivity index (χ2n) is 7.95. The minimum atomic E-state index is -2.92. The van der Waals surface area contributed by atoms with Gasteiger partial charge in [0.25, 0.3) is 0 Å². The topological polar surface area (TPSA) is 3.01 Å². The first-order valence-corrected chi connectivity index (χ1v) is 15.4. The number of nitrogens with zero attached hydrogens (tertiary/aromatic N) is 1. The van der Waals surface area contributed by atoms with Crippen LogP contribution in [0.25, 0.3) is 0 Å². The Hall–Kier alpha value is -2.00. The summed E-state index contributed by atoms with van der Waals surface area (Å²) in [5, 5.41) is 4.23. The zero-order chi connectivity index (χ0) is 20.6. The fraction of sp³-hybridized carbons (Fsp3) is 0.111. The number of benzene rings is 4. The van der Waals surface area contributed by atoms with Crippen molar-refractivity contribution in [3.05, 3.63) is 127 Å². The molecule has 0 aromatic heterocycles. The van der Waals surface area contributed by atoms with Gasteiger partial charge in [0.15, 0.2) is 0 Å². The second kappa shape index (κ2) is 7.60. The monoisotopic (exact) mass is 521 g/mol. The number of hydrogen-bond donors (Lipinski definition) is 0. The Bertz CT molecular complexity index is 1030. The van der Waals surface area contributed by atoms with Gasteiger partial charge >= 0.3 is 193 Å². The van der Waals surface area contributed by atoms with Crippen LogP contribution >= 0.6 is 26.4 Å². The molecule has 0 bridgehead atoms. The Balaban J connectivity index is 1.85. The summed E-state index contributed by atoms with van der Waals surface area (Å²) in [7, 11) is 0. The third kappa shape index (κ3) is 2.81. The van der Waals surface area contributed by atoms with Gasteiger partial charge in [-0.05, 0) is 0 Å². The molecule has 3 atom stereocenters. The maximum absolute atomic E-state index is 2.92. The van der Waals surface area contributed by atoms with E-state index in [2.05, 4.69) is 155 Å². The third-order valence-corrected chi connectivity index (χ3v) is 18.0. The third-order valence-electron chi connectivity index (χ3n) is 6.33. The van der Waals surface area contributed by atoms with Crippen molar-refractivity contribution in [2.75, 3.05) is 0 Å². The van der Waals surface area contributed by atoms with Crippen LogP contribution in [-0.4, -0.2) is 10.7 Å². The van der Waals surface area contributed by atoms with Gasteiger partial charge in [-0.25, -0.2) is 0 Å². The molecule has 1 unspecified atom stereocenters. The van der Waals surface area contributed by atoms with Crippen molar-refractivity contribution in [2.24, 2.45) is 0 Å². The molecule has 1 aliphatic heterocycles. The van der Waals surface area contributed by atoms with Crippen LogP contribution in [0.4, 0.5) is 0 Å². The zero-order valence-electron chi connectivity index (χ0n) is 17.0. The Labute approximate surface area is 192 Å². The van der Waals surface area contributed by atoms with Crippen LogP contribution in [-0.2, 0) is 0 Å². The quantitative estimate of drug-likeness (QED) is 0.171. The summed E-state index contributed by atoms with van der Waals surface area (Å²) in [6.45, 7) is 2.38. The van der Waals surface area contributed by atoms with Crippen LogP contribution in [0.2, 0.25) is 0 Å². The van der Waals surface area contributed by atoms with Crippen LogP contribution in [0.3, 0.4) is 0 Å². The molecular weight excluding hydrogens is 496 g/mol. The van der Waals surface area contributed by atoms with E-state index in [9.17, 15) is 0 Å². The molecule has 1 nitrogen and oxygen atoms in total. The van der Waals surface area contributed by atoms with E-state index in [1.807, 2.05) is 0 Å². The summed E-state index contributed by atoms with van der Waals surface area (Å²) < 4.78 is -0.111. The summed E-state index contributed by atoms with van der Waals surface area (Å²) >= 11 is 2.87. The molecule has 0 spiro atoms. The Morgan fingerprint density at radius 3 is 1.27 bits per heavy atom. The van der Waals surface area contributed by atoms with Crippen molar-refractivity contribution in [3.63, 3.8) is 0 Å². The average Bonchev–Trinajstić information content (AvgIpc) is 3.53. The van der Waals surface area contributed by atoms with Gasteiger partial charge in [-0.15, -0.1) is 0 Å². The van der Waals surface area contributed by atoms with Crippen molar-refractivity contribution in [3.8, 4) is 0 Å². The molecule has 0 N–H and O–H groups in total. The molecule has 1 aliphatic rings. The molecule has 5 rings (SSSR count). The molecule has 3 heteroatoms. The van der Waals surface area contributed by atoms with E-state index >= 15 is 0 Å². The van der Waals surface area contributed by atoms with Crippen molar-refractivity contribution < 1.29 is 0 Å². The van der Waals surface area contributed by atoms with Crippen LogP contribution in [0.1, 0.15) is 18.5 Å². The summed E-state index contributed by atoms with van der Waals surface area (Å²) in [5.41, 5.74) is 1.40. The molecule has 30 heavy (non-hydrogen) atoms. The van der Waals surface area contributed by atoms with Crippen molar-refractivity contribution in [2.45, 2.75) is 19.0 Å². The first-order chi connectivity index (χ1) is 14.7. The fourth-order valence-corrected chi connectivity index (χ4v) is 15.2. The maximum atomic E-state index is 2.87. The molecule has 0 aliphatic carbocycles. The van der Waals surface area contributed by atoms with Gasteiger partial charge in [-0.1, -0.05) is 0 Å². The predicted octanol–water partition coefficient (Wildman–Crippen LogP) is 6.23. The van der Waals surface area contributed by atoms with E-state index in [1.54, 1.807) is 0 Å². The molecule has 0 saturated carbocycles. The van der Waals surface area contributed by atoms with E-state index in [4.69, 9.17) is 0 Å². The Morgan fingerprint density at radius 2 is 0.900 bits per heavy atom. The molecule has 150 valence electrons. The van der Waals surface area contributed by atoms with E-state index in [0.29, 0.717) is 12.1 Å². The summed E-state index contributed by atoms with van der Waals surface area (Å²) in [4.78, 5) is 0. The molecular formula is C27H25INP. The zero-order valence-corrected chi connectivity index (χ0v) is 20.0. The molecule has 4 aromatic rings. The van der Waals surface area contributed by atoms with Gasteiger partial charge in [0.2, 0.25) is 0 Å². The van der Waals surface area contributed by atoms with Gasteiger partial charge in [0.05, 0.1) is 0 Å². The Kier molecular flexibility index (Phi) is 5.05. The summed E-state index contributed by atoms with van der Waals surface area (Å²) in [5.74, 6) is 0. The average molecular weight is 521 g/mol. The van der Waals surface area contributed by atoms with Crippen LogP contribution < -0.4 is 15.9 Å². The summed E-state index contributed by atoms with van der Waals surface area (Å²) in [6.07, 6.45) is 0. The van der Waals surface area contributed by atoms with E-state index < -0.39 is 4.40 Å². The molecule has 1 fully saturated rings. The summed E-state index contributed by atoms with van der Waals surface area (Å²) in [6, 6.07) is 45.3. The first-order valence-electron chi connectivity index (χ1n) is 10.4. The van der Waals surface area contributed by atoms with Gasteiger partial charge in [-0.2, -0.15) is 0 Å². The van der Waals surface area contributed by atoms with Crippen LogP contribution in [0, 0.1) is 0 Å². The number of halogens is 1. The van der Waals surface area contributed by atoms with E-state index in [0.717, 1.165) is 0 Å². The van der Waals surface area contributed by atoms with Gasteiger partial charge in [-0.3, -0.25) is 0 Å². The molecule has 0 amide bonds. The number of hydrogen-bond acceptors (Lipinski definition) is 1. The number of rotatable bonds is 5. The molecule has 4 aromatic carbocycles. The fourth-order valence-electron chi connectivity index (χ4n) is 4.94. The first kappa shape index (κ1) is 19.9. The molecule has 1 saturated heterocycles. The van der Waals surface area contributed by atoms with E-state index in [1.165, 1.54) is 21.5 Å². The van der Waals surface area contributed by atoms with Gasteiger partial charge < -0.3 is 0 Å². The standard InChI is InChI=1S/C27H25INP/c1-22-27(23-14-6-2-7-15-23)29(22)30(28,24-16-8-3-9-17-24,25-18-10-4-11-19-25)26-20-12-5-13-21-26/h2-22,27H,1H3/t22-,27+,29?/m1/s1. The van der Waals surface area contributed by atoms with Gasteiger partial charge in [0, 0.05) is 0 Å². The van der Waals surface area contributed by atoms with Crippen molar-refractivity contribution in [1.29, 1.82) is 0 Å². The van der Waals surface area contributed by atoms with Gasteiger partial charge in [0.1, 0.15) is 0 Å². The van der Waals surface area contributed by atoms with Crippen LogP contribution in [0.15, 0.2) is 121 Å². The predicted molar refractivity (Wildman–Crippen MR) is 140 cm³/mol.